The molecule has 1 unspecified atom stereocenters. The van der Waals surface area contributed by atoms with Gasteiger partial charge in [0, 0.05) is 13.0 Å². The van der Waals surface area contributed by atoms with E-state index in [0.717, 1.165) is 32.1 Å². The lowest BCUT2D eigenvalue weighted by Crippen LogP contribution is -2.27. The van der Waals surface area contributed by atoms with Gasteiger partial charge in [0.1, 0.15) is 6.61 Å². The molecule has 0 aliphatic rings. The molecular formula is C45H88NO7P. The summed E-state index contributed by atoms with van der Waals surface area (Å²) in [5, 5.41) is 0. The summed E-state index contributed by atoms with van der Waals surface area (Å²) in [5.74, 6) is -0.354. The zero-order chi connectivity index (χ0) is 39.5. The van der Waals surface area contributed by atoms with E-state index in [2.05, 4.69) is 26.0 Å². The summed E-state index contributed by atoms with van der Waals surface area (Å²) in [6, 6.07) is 0. The van der Waals surface area contributed by atoms with Crippen LogP contribution in [0.4, 0.5) is 0 Å². The molecule has 3 N–H and O–H groups in total. The number of esters is 1. The summed E-state index contributed by atoms with van der Waals surface area (Å²) < 4.78 is 33.2. The molecule has 0 bridgehead atoms. The van der Waals surface area contributed by atoms with Gasteiger partial charge >= 0.3 is 13.8 Å². The number of rotatable bonds is 44. The Morgan fingerprint density at radius 2 is 0.944 bits per heavy atom. The Morgan fingerprint density at radius 3 is 1.37 bits per heavy atom. The highest BCUT2D eigenvalue weighted by atomic mass is 31.2. The minimum absolute atomic E-state index is 0.0341. The Morgan fingerprint density at radius 1 is 0.556 bits per heavy atom. The Balaban J connectivity index is 4.03. The SMILES string of the molecule is CCCCCCCC/C=C\CCCCCCCCCC(=O)O[C@H](CO/C=C\CCCCCCCCCCCCCCCCCC)COP(=O)(O)OCCN. The third-order valence-corrected chi connectivity index (χ3v) is 10.9. The zero-order valence-corrected chi connectivity index (χ0v) is 36.4. The van der Waals surface area contributed by atoms with Crippen LogP contribution in [0, 0.1) is 0 Å². The third-order valence-electron chi connectivity index (χ3n) is 9.94. The number of unbranched alkanes of at least 4 members (excludes halogenated alkanes) is 29. The molecule has 8 nitrogen and oxygen atoms in total. The van der Waals surface area contributed by atoms with E-state index in [1.165, 1.54) is 173 Å². The summed E-state index contributed by atoms with van der Waals surface area (Å²) in [4.78, 5) is 22.5. The predicted molar refractivity (Wildman–Crippen MR) is 229 cm³/mol. The normalized spacial score (nSPS) is 13.6. The first-order valence-electron chi connectivity index (χ1n) is 22.9. The second kappa shape index (κ2) is 43.0. The molecule has 54 heavy (non-hydrogen) atoms. The number of hydrogen-bond acceptors (Lipinski definition) is 7. The van der Waals surface area contributed by atoms with Crippen molar-refractivity contribution in [1.82, 2.24) is 0 Å². The van der Waals surface area contributed by atoms with Crippen LogP contribution in [0.15, 0.2) is 24.5 Å². The van der Waals surface area contributed by atoms with Crippen LogP contribution in [0.3, 0.4) is 0 Å². The number of ether oxygens (including phenoxy) is 2. The van der Waals surface area contributed by atoms with Crippen molar-refractivity contribution < 1.29 is 32.8 Å². The summed E-state index contributed by atoms with van der Waals surface area (Å²) in [5.41, 5.74) is 5.37. The van der Waals surface area contributed by atoms with Gasteiger partial charge in [-0.2, -0.15) is 0 Å². The van der Waals surface area contributed by atoms with Gasteiger partial charge in [0.15, 0.2) is 6.10 Å². The molecule has 320 valence electrons. The largest absolute Gasteiger partial charge is 0.498 e. The first kappa shape index (κ1) is 52.8. The lowest BCUT2D eigenvalue weighted by atomic mass is 10.0. The van der Waals surface area contributed by atoms with Crippen LogP contribution >= 0.6 is 7.82 Å². The molecular weight excluding hydrogens is 697 g/mol. The van der Waals surface area contributed by atoms with Gasteiger partial charge in [0.2, 0.25) is 0 Å². The fourth-order valence-electron chi connectivity index (χ4n) is 6.55. The van der Waals surface area contributed by atoms with E-state index < -0.39 is 13.9 Å². The number of nitrogens with two attached hydrogens (primary N) is 1. The van der Waals surface area contributed by atoms with E-state index in [9.17, 15) is 14.3 Å². The highest BCUT2D eigenvalue weighted by Crippen LogP contribution is 2.43. The molecule has 2 atom stereocenters. The Hall–Kier alpha value is -1.18. The van der Waals surface area contributed by atoms with Crippen LogP contribution in [-0.2, 0) is 27.9 Å². The minimum atomic E-state index is -4.29. The molecule has 0 saturated carbocycles. The van der Waals surface area contributed by atoms with E-state index in [0.29, 0.717) is 6.42 Å². The maximum Gasteiger partial charge on any atom is 0.472 e. The van der Waals surface area contributed by atoms with Gasteiger partial charge < -0.3 is 20.1 Å². The van der Waals surface area contributed by atoms with Gasteiger partial charge in [0.05, 0.1) is 19.5 Å². The quantitative estimate of drug-likeness (QED) is 0.0206. The standard InChI is InChI=1S/C45H88NO7P/c1-3-5-7-9-11-13-15-17-19-21-23-25-27-29-31-33-35-37-40-50-42-44(43-52-54(48,49)51-41-39-46)53-45(47)38-36-34-32-30-28-26-24-22-20-18-16-14-12-10-8-6-4-2/h18,20,37,40,44H,3-17,19,21-36,38-39,41-43,46H2,1-2H3,(H,48,49)/b20-18-,40-37-/t44-/m1/s1. The Labute approximate surface area is 334 Å². The summed E-state index contributed by atoms with van der Waals surface area (Å²) >= 11 is 0. The molecule has 0 saturated heterocycles. The van der Waals surface area contributed by atoms with Gasteiger partial charge in [-0.15, -0.1) is 0 Å². The first-order chi connectivity index (χ1) is 26.4. The van der Waals surface area contributed by atoms with E-state index in [1.54, 1.807) is 6.26 Å². The summed E-state index contributed by atoms with van der Waals surface area (Å²) in [7, 11) is -4.29. The third kappa shape index (κ3) is 42.0. The maximum atomic E-state index is 12.6. The number of hydrogen-bond donors (Lipinski definition) is 2. The molecule has 0 aromatic heterocycles. The number of phosphoric acid groups is 1. The Bertz CT molecular complexity index is 884. The van der Waals surface area contributed by atoms with Crippen LogP contribution in [0.5, 0.6) is 0 Å². The topological polar surface area (TPSA) is 117 Å². The molecule has 0 amide bonds. The van der Waals surface area contributed by atoms with Crippen molar-refractivity contribution in [2.24, 2.45) is 5.73 Å². The molecule has 0 rings (SSSR count). The van der Waals surface area contributed by atoms with Crippen molar-refractivity contribution in [2.75, 3.05) is 26.4 Å². The van der Waals surface area contributed by atoms with E-state index in [4.69, 9.17) is 24.3 Å². The second-order valence-electron chi connectivity index (χ2n) is 15.3. The molecule has 9 heteroatoms. The molecule has 0 heterocycles. The number of phosphoric ester groups is 1. The molecule has 0 radical (unpaired) electrons. The van der Waals surface area contributed by atoms with Crippen LogP contribution in [0.2, 0.25) is 0 Å². The maximum absolute atomic E-state index is 12.6. The number of allylic oxidation sites excluding steroid dienone is 3. The van der Waals surface area contributed by atoms with Crippen molar-refractivity contribution >= 4 is 13.8 Å². The summed E-state index contributed by atoms with van der Waals surface area (Å²) in [6.07, 6.45) is 48.6. The van der Waals surface area contributed by atoms with Crippen LogP contribution in [0.1, 0.15) is 226 Å². The smallest absolute Gasteiger partial charge is 0.472 e. The monoisotopic (exact) mass is 786 g/mol. The van der Waals surface area contributed by atoms with E-state index in [1.807, 2.05) is 6.08 Å². The highest BCUT2D eigenvalue weighted by Gasteiger charge is 2.25. The molecule has 0 aromatic carbocycles. The highest BCUT2D eigenvalue weighted by molar-refractivity contribution is 7.47. The van der Waals surface area contributed by atoms with Crippen LogP contribution < -0.4 is 5.73 Å². The van der Waals surface area contributed by atoms with Crippen molar-refractivity contribution in [2.45, 2.75) is 232 Å². The number of carbonyl (C=O) groups excluding carboxylic acids is 1. The molecule has 0 aliphatic heterocycles. The fourth-order valence-corrected chi connectivity index (χ4v) is 7.31. The minimum Gasteiger partial charge on any atom is -0.498 e. The molecule has 0 aromatic rings. The summed E-state index contributed by atoms with van der Waals surface area (Å²) in [6.45, 7) is 4.26. The average molecular weight is 786 g/mol. The fraction of sp³-hybridized carbons (Fsp3) is 0.889. The van der Waals surface area contributed by atoms with Crippen molar-refractivity contribution in [3.8, 4) is 0 Å². The number of carbonyl (C=O) groups is 1. The van der Waals surface area contributed by atoms with Crippen molar-refractivity contribution in [3.05, 3.63) is 24.5 Å². The van der Waals surface area contributed by atoms with Crippen molar-refractivity contribution in [1.29, 1.82) is 0 Å². The lowest BCUT2D eigenvalue weighted by molar-refractivity contribution is -0.153. The average Bonchev–Trinajstić information content (AvgIpc) is 3.16. The van der Waals surface area contributed by atoms with Gasteiger partial charge in [-0.05, 0) is 51.0 Å². The van der Waals surface area contributed by atoms with Crippen molar-refractivity contribution in [3.63, 3.8) is 0 Å². The van der Waals surface area contributed by atoms with Crippen LogP contribution in [-0.4, -0.2) is 43.3 Å². The van der Waals surface area contributed by atoms with E-state index in [-0.39, 0.29) is 32.3 Å². The predicted octanol–water partition coefficient (Wildman–Crippen LogP) is 14.0. The molecule has 0 fully saturated rings. The second-order valence-corrected chi connectivity index (χ2v) is 16.8. The Kier molecular flexibility index (Phi) is 42.0. The zero-order valence-electron chi connectivity index (χ0n) is 35.5. The van der Waals surface area contributed by atoms with Gasteiger partial charge in [0.25, 0.3) is 0 Å². The molecule has 0 aliphatic carbocycles. The lowest BCUT2D eigenvalue weighted by Gasteiger charge is -2.19. The first-order valence-corrected chi connectivity index (χ1v) is 24.4. The van der Waals surface area contributed by atoms with Gasteiger partial charge in [-0.1, -0.05) is 187 Å². The van der Waals surface area contributed by atoms with Gasteiger partial charge in [-0.25, -0.2) is 4.57 Å². The van der Waals surface area contributed by atoms with Gasteiger partial charge in [-0.3, -0.25) is 13.8 Å². The molecule has 0 spiro atoms. The van der Waals surface area contributed by atoms with Crippen LogP contribution in [0.25, 0.3) is 0 Å². The van der Waals surface area contributed by atoms with E-state index >= 15 is 0 Å².